The van der Waals surface area contributed by atoms with Crippen LogP contribution in [-0.4, -0.2) is 12.5 Å². The highest BCUT2D eigenvalue weighted by molar-refractivity contribution is 9.11. The Kier molecular flexibility index (Phi) is 5.01. The van der Waals surface area contributed by atoms with Crippen molar-refractivity contribution >= 4 is 37.8 Å². The van der Waals surface area contributed by atoms with Gasteiger partial charge in [0.1, 0.15) is 0 Å². The largest absolute Gasteiger partial charge is 0.352 e. The number of allylic oxidation sites excluding steroid dienone is 1. The summed E-state index contributed by atoms with van der Waals surface area (Å²) in [5.74, 6) is -0.0180. The van der Waals surface area contributed by atoms with Crippen molar-refractivity contribution in [1.29, 1.82) is 0 Å². The fraction of sp³-hybridized carbons (Fsp3) is 0.357. The molecular formula is C14H15Br2NO. The van der Waals surface area contributed by atoms with E-state index in [0.717, 1.165) is 21.9 Å². The molecule has 2 nitrogen and oxygen atoms in total. The fourth-order valence-electron chi connectivity index (χ4n) is 2.09. The summed E-state index contributed by atoms with van der Waals surface area (Å²) >= 11 is 6.77. The van der Waals surface area contributed by atoms with Crippen LogP contribution in [0, 0.1) is 0 Å². The number of benzene rings is 1. The lowest BCUT2D eigenvalue weighted by Gasteiger charge is -2.07. The molecule has 2 rings (SSSR count). The van der Waals surface area contributed by atoms with Crippen LogP contribution in [0.1, 0.15) is 36.0 Å². The average molecular weight is 373 g/mol. The van der Waals surface area contributed by atoms with Crippen molar-refractivity contribution in [1.82, 2.24) is 5.32 Å². The maximum atomic E-state index is 12.0. The van der Waals surface area contributed by atoms with Gasteiger partial charge in [-0.05, 0) is 43.9 Å². The molecular weight excluding hydrogens is 358 g/mol. The molecule has 0 bridgehead atoms. The Balaban J connectivity index is 1.87. The van der Waals surface area contributed by atoms with Crippen LogP contribution in [0.3, 0.4) is 0 Å². The third-order valence-corrected chi connectivity index (χ3v) is 3.91. The minimum atomic E-state index is -0.0180. The highest BCUT2D eigenvalue weighted by Crippen LogP contribution is 2.21. The van der Waals surface area contributed by atoms with Crippen molar-refractivity contribution in [2.24, 2.45) is 0 Å². The molecule has 1 aromatic rings. The Morgan fingerprint density at radius 2 is 1.94 bits per heavy atom. The van der Waals surface area contributed by atoms with E-state index in [1.807, 2.05) is 18.2 Å². The monoisotopic (exact) mass is 371 g/mol. The number of carbonyl (C=O) groups excluding carboxylic acids is 1. The first-order valence-corrected chi connectivity index (χ1v) is 7.66. The molecule has 0 heterocycles. The number of carbonyl (C=O) groups is 1. The van der Waals surface area contributed by atoms with Gasteiger partial charge < -0.3 is 5.32 Å². The number of halogens is 2. The van der Waals surface area contributed by atoms with Crippen molar-refractivity contribution in [3.05, 3.63) is 44.4 Å². The van der Waals surface area contributed by atoms with Gasteiger partial charge in [0, 0.05) is 21.1 Å². The Morgan fingerprint density at radius 1 is 1.22 bits per heavy atom. The van der Waals surface area contributed by atoms with Gasteiger partial charge in [0.15, 0.2) is 0 Å². The van der Waals surface area contributed by atoms with Crippen molar-refractivity contribution in [2.75, 3.05) is 6.54 Å². The molecule has 1 amide bonds. The van der Waals surface area contributed by atoms with Crippen molar-refractivity contribution < 1.29 is 4.79 Å². The molecule has 0 aliphatic heterocycles. The van der Waals surface area contributed by atoms with Gasteiger partial charge in [-0.3, -0.25) is 4.79 Å². The van der Waals surface area contributed by atoms with E-state index in [0.29, 0.717) is 5.56 Å². The topological polar surface area (TPSA) is 29.1 Å². The van der Waals surface area contributed by atoms with Gasteiger partial charge in [-0.1, -0.05) is 43.5 Å². The Hall–Kier alpha value is -0.610. The second-order valence-electron chi connectivity index (χ2n) is 4.42. The quantitative estimate of drug-likeness (QED) is 0.777. The van der Waals surface area contributed by atoms with Gasteiger partial charge in [-0.25, -0.2) is 0 Å². The van der Waals surface area contributed by atoms with Gasteiger partial charge in [0.25, 0.3) is 5.91 Å². The molecule has 18 heavy (non-hydrogen) atoms. The maximum Gasteiger partial charge on any atom is 0.251 e. The highest BCUT2D eigenvalue weighted by atomic mass is 79.9. The minimum absolute atomic E-state index is 0.0180. The lowest BCUT2D eigenvalue weighted by atomic mass is 10.1. The average Bonchev–Trinajstić information content (AvgIpc) is 2.80. The first-order chi connectivity index (χ1) is 8.65. The van der Waals surface area contributed by atoms with Crippen LogP contribution in [0.15, 0.2) is 38.8 Å². The number of nitrogens with one attached hydrogen (secondary N) is 1. The Bertz CT molecular complexity index is 462. The minimum Gasteiger partial charge on any atom is -0.352 e. The predicted molar refractivity (Wildman–Crippen MR) is 80.7 cm³/mol. The van der Waals surface area contributed by atoms with E-state index in [4.69, 9.17) is 0 Å². The summed E-state index contributed by atoms with van der Waals surface area (Å²) in [6, 6.07) is 5.57. The van der Waals surface area contributed by atoms with Crippen LogP contribution in [0.4, 0.5) is 0 Å². The van der Waals surface area contributed by atoms with Gasteiger partial charge in [0.05, 0.1) is 0 Å². The lowest BCUT2D eigenvalue weighted by molar-refractivity contribution is 0.0954. The molecule has 0 radical (unpaired) electrons. The molecule has 96 valence electrons. The molecule has 1 aliphatic carbocycles. The van der Waals surface area contributed by atoms with Gasteiger partial charge in [-0.15, -0.1) is 0 Å². The Morgan fingerprint density at radius 3 is 2.56 bits per heavy atom. The van der Waals surface area contributed by atoms with E-state index in [9.17, 15) is 4.79 Å². The Labute approximate surface area is 124 Å². The predicted octanol–water partition coefficient (Wildman–Crippen LogP) is 4.44. The fourth-order valence-corrected chi connectivity index (χ4v) is 3.38. The maximum absolute atomic E-state index is 12.0. The van der Waals surface area contributed by atoms with Crippen LogP contribution in [-0.2, 0) is 0 Å². The second-order valence-corrected chi connectivity index (χ2v) is 6.25. The third-order valence-electron chi connectivity index (χ3n) is 2.99. The summed E-state index contributed by atoms with van der Waals surface area (Å²) in [5.41, 5.74) is 2.15. The number of rotatable bonds is 4. The highest BCUT2D eigenvalue weighted by Gasteiger charge is 2.08. The molecule has 0 unspecified atom stereocenters. The molecule has 0 saturated heterocycles. The lowest BCUT2D eigenvalue weighted by Crippen LogP contribution is -2.24. The summed E-state index contributed by atoms with van der Waals surface area (Å²) in [5, 5.41) is 2.96. The third kappa shape index (κ3) is 3.95. The van der Waals surface area contributed by atoms with Crippen molar-refractivity contribution in [2.45, 2.75) is 25.7 Å². The first-order valence-electron chi connectivity index (χ1n) is 6.07. The van der Waals surface area contributed by atoms with Crippen LogP contribution in [0.25, 0.3) is 0 Å². The normalized spacial score (nSPS) is 14.4. The summed E-state index contributed by atoms with van der Waals surface area (Å²) < 4.78 is 1.81. The van der Waals surface area contributed by atoms with Gasteiger partial charge in [-0.2, -0.15) is 0 Å². The van der Waals surface area contributed by atoms with Crippen LogP contribution >= 0.6 is 31.9 Å². The molecule has 0 spiro atoms. The van der Waals surface area contributed by atoms with Crippen molar-refractivity contribution in [3.8, 4) is 0 Å². The zero-order valence-corrected chi connectivity index (χ0v) is 13.2. The zero-order valence-electron chi connectivity index (χ0n) is 10.0. The molecule has 4 heteroatoms. The summed E-state index contributed by atoms with van der Waals surface area (Å²) in [7, 11) is 0. The van der Waals surface area contributed by atoms with Crippen LogP contribution in [0.5, 0.6) is 0 Å². The summed E-state index contributed by atoms with van der Waals surface area (Å²) in [4.78, 5) is 12.0. The SMILES string of the molecule is O=C(NCCC1=CCCC1)c1cc(Br)cc(Br)c1. The number of hydrogen-bond donors (Lipinski definition) is 1. The van der Waals surface area contributed by atoms with Gasteiger partial charge in [0.2, 0.25) is 0 Å². The molecule has 0 fully saturated rings. The van der Waals surface area contributed by atoms with Crippen LogP contribution in [0.2, 0.25) is 0 Å². The zero-order chi connectivity index (χ0) is 13.0. The van der Waals surface area contributed by atoms with Crippen LogP contribution < -0.4 is 5.32 Å². The van der Waals surface area contributed by atoms with E-state index < -0.39 is 0 Å². The van der Waals surface area contributed by atoms with E-state index >= 15 is 0 Å². The second kappa shape index (κ2) is 6.53. The number of hydrogen-bond acceptors (Lipinski definition) is 1. The summed E-state index contributed by atoms with van der Waals surface area (Å²) in [6.07, 6.45) is 6.92. The standard InChI is InChI=1S/C14H15Br2NO/c15-12-7-11(8-13(16)9-12)14(18)17-6-5-10-3-1-2-4-10/h3,7-9H,1-2,4-6H2,(H,17,18). The van der Waals surface area contributed by atoms with Crippen molar-refractivity contribution in [3.63, 3.8) is 0 Å². The molecule has 0 saturated carbocycles. The van der Waals surface area contributed by atoms with E-state index in [-0.39, 0.29) is 5.91 Å². The molecule has 0 aromatic heterocycles. The molecule has 1 aromatic carbocycles. The molecule has 0 atom stereocenters. The smallest absolute Gasteiger partial charge is 0.251 e. The first kappa shape index (κ1) is 13.8. The van der Waals surface area contributed by atoms with E-state index in [1.54, 1.807) is 0 Å². The number of amides is 1. The van der Waals surface area contributed by atoms with Gasteiger partial charge >= 0.3 is 0 Å². The molecule has 1 aliphatic rings. The van der Waals surface area contributed by atoms with E-state index in [1.165, 1.54) is 24.8 Å². The van der Waals surface area contributed by atoms with E-state index in [2.05, 4.69) is 43.3 Å². The molecule has 1 N–H and O–H groups in total. The summed E-state index contributed by atoms with van der Waals surface area (Å²) in [6.45, 7) is 0.717.